The predicted molar refractivity (Wildman–Crippen MR) is 94.9 cm³/mol. The molecule has 1 aliphatic rings. The van der Waals surface area contributed by atoms with E-state index >= 15 is 0 Å². The molecule has 1 fully saturated rings. The zero-order chi connectivity index (χ0) is 18.6. The van der Waals surface area contributed by atoms with Gasteiger partial charge in [0.2, 0.25) is 5.91 Å². The number of ether oxygens (including phenoxy) is 2. The van der Waals surface area contributed by atoms with E-state index in [4.69, 9.17) is 9.47 Å². The molecule has 0 aliphatic carbocycles. The van der Waals surface area contributed by atoms with Crippen molar-refractivity contribution in [2.45, 2.75) is 37.2 Å². The van der Waals surface area contributed by atoms with Crippen molar-refractivity contribution in [3.8, 4) is 11.5 Å². The van der Waals surface area contributed by atoms with Crippen LogP contribution in [0.25, 0.3) is 0 Å². The maximum atomic E-state index is 12.6. The number of amides is 1. The Bertz CT molecular complexity index is 720. The standard InChI is InChI=1S/C17H26N2O5S/c1-12-13(2)19(9-8-18-12)17(20)7-10-25(21,22)14-5-6-15(23-3)16(11-14)24-4/h5-6,11-13,18H,7-10H2,1-4H3. The van der Waals surface area contributed by atoms with Crippen molar-refractivity contribution in [3.05, 3.63) is 18.2 Å². The molecule has 1 heterocycles. The van der Waals surface area contributed by atoms with Crippen LogP contribution < -0.4 is 14.8 Å². The summed E-state index contributed by atoms with van der Waals surface area (Å²) in [6, 6.07) is 4.68. The van der Waals surface area contributed by atoms with E-state index in [2.05, 4.69) is 5.32 Å². The predicted octanol–water partition coefficient (Wildman–Crippen LogP) is 1.08. The second kappa shape index (κ2) is 8.05. The first-order valence-corrected chi connectivity index (χ1v) is 9.93. The lowest BCUT2D eigenvalue weighted by Gasteiger charge is -2.38. The number of hydrogen-bond acceptors (Lipinski definition) is 6. The van der Waals surface area contributed by atoms with Crippen LogP contribution in [-0.2, 0) is 14.6 Å². The number of carbonyl (C=O) groups excluding carboxylic acids is 1. The van der Waals surface area contributed by atoms with E-state index in [-0.39, 0.29) is 35.1 Å². The highest BCUT2D eigenvalue weighted by Crippen LogP contribution is 2.30. The zero-order valence-corrected chi connectivity index (χ0v) is 15.9. The lowest BCUT2D eigenvalue weighted by Crippen LogP contribution is -2.57. The number of carbonyl (C=O) groups is 1. The molecule has 1 saturated heterocycles. The first-order chi connectivity index (χ1) is 11.8. The van der Waals surface area contributed by atoms with Gasteiger partial charge in [0, 0.05) is 37.7 Å². The van der Waals surface area contributed by atoms with E-state index in [1.54, 1.807) is 11.0 Å². The Morgan fingerprint density at radius 1 is 1.24 bits per heavy atom. The smallest absolute Gasteiger partial charge is 0.223 e. The van der Waals surface area contributed by atoms with Crippen LogP contribution in [0.3, 0.4) is 0 Å². The Labute approximate surface area is 149 Å². The second-order valence-electron chi connectivity index (χ2n) is 6.16. The monoisotopic (exact) mass is 370 g/mol. The fraction of sp³-hybridized carbons (Fsp3) is 0.588. The van der Waals surface area contributed by atoms with Gasteiger partial charge in [-0.15, -0.1) is 0 Å². The van der Waals surface area contributed by atoms with E-state index < -0.39 is 9.84 Å². The average molecular weight is 370 g/mol. The lowest BCUT2D eigenvalue weighted by molar-refractivity contribution is -0.134. The molecule has 2 atom stereocenters. The van der Waals surface area contributed by atoms with Gasteiger partial charge < -0.3 is 19.7 Å². The summed E-state index contributed by atoms with van der Waals surface area (Å²) in [4.78, 5) is 14.3. The molecule has 1 aromatic rings. The summed E-state index contributed by atoms with van der Waals surface area (Å²) in [6.07, 6.45) is -0.0340. The molecule has 1 aliphatic heterocycles. The van der Waals surface area contributed by atoms with Crippen LogP contribution in [-0.4, -0.2) is 64.4 Å². The van der Waals surface area contributed by atoms with Crippen LogP contribution >= 0.6 is 0 Å². The quantitative estimate of drug-likeness (QED) is 0.806. The Balaban J connectivity index is 2.07. The SMILES string of the molecule is COc1ccc(S(=O)(=O)CCC(=O)N2CCNC(C)C2C)cc1OC. The molecule has 140 valence electrons. The van der Waals surface area contributed by atoms with Gasteiger partial charge in [0.05, 0.1) is 24.9 Å². The summed E-state index contributed by atoms with van der Waals surface area (Å²) in [6.45, 7) is 5.31. The molecular formula is C17H26N2O5S. The summed E-state index contributed by atoms with van der Waals surface area (Å²) in [5.74, 6) is 0.442. The lowest BCUT2D eigenvalue weighted by atomic mass is 10.1. The van der Waals surface area contributed by atoms with Gasteiger partial charge >= 0.3 is 0 Å². The highest BCUT2D eigenvalue weighted by Gasteiger charge is 2.29. The van der Waals surface area contributed by atoms with Crippen LogP contribution in [0.15, 0.2) is 23.1 Å². The van der Waals surface area contributed by atoms with E-state index in [9.17, 15) is 13.2 Å². The van der Waals surface area contributed by atoms with Crippen LogP contribution in [0, 0.1) is 0 Å². The van der Waals surface area contributed by atoms with E-state index in [1.807, 2.05) is 13.8 Å². The van der Waals surface area contributed by atoms with Gasteiger partial charge in [-0.2, -0.15) is 0 Å². The highest BCUT2D eigenvalue weighted by molar-refractivity contribution is 7.91. The maximum Gasteiger partial charge on any atom is 0.223 e. The third-order valence-corrected chi connectivity index (χ3v) is 6.37. The number of benzene rings is 1. The Hall–Kier alpha value is -1.80. The maximum absolute atomic E-state index is 12.6. The molecule has 1 aromatic carbocycles. The van der Waals surface area contributed by atoms with Gasteiger partial charge in [-0.3, -0.25) is 4.79 Å². The molecule has 0 saturated carbocycles. The van der Waals surface area contributed by atoms with Crippen molar-refractivity contribution < 1.29 is 22.7 Å². The number of sulfone groups is 1. The topological polar surface area (TPSA) is 84.9 Å². The third-order valence-electron chi connectivity index (χ3n) is 4.65. The number of nitrogens with zero attached hydrogens (tertiary/aromatic N) is 1. The van der Waals surface area contributed by atoms with Crippen molar-refractivity contribution in [2.75, 3.05) is 33.1 Å². The van der Waals surface area contributed by atoms with Gasteiger partial charge in [0.15, 0.2) is 21.3 Å². The number of nitrogens with one attached hydrogen (secondary N) is 1. The van der Waals surface area contributed by atoms with E-state index in [0.29, 0.717) is 18.0 Å². The fourth-order valence-corrected chi connectivity index (χ4v) is 4.14. The Morgan fingerprint density at radius 3 is 2.56 bits per heavy atom. The first-order valence-electron chi connectivity index (χ1n) is 8.27. The van der Waals surface area contributed by atoms with Crippen molar-refractivity contribution in [1.29, 1.82) is 0 Å². The molecule has 0 bridgehead atoms. The fourth-order valence-electron chi connectivity index (χ4n) is 2.90. The molecule has 0 spiro atoms. The van der Waals surface area contributed by atoms with Gasteiger partial charge in [0.1, 0.15) is 0 Å². The van der Waals surface area contributed by atoms with Crippen LogP contribution in [0.2, 0.25) is 0 Å². The van der Waals surface area contributed by atoms with Gasteiger partial charge in [-0.1, -0.05) is 0 Å². The summed E-state index contributed by atoms with van der Waals surface area (Å²) in [5.41, 5.74) is 0. The van der Waals surface area contributed by atoms with Gasteiger partial charge in [-0.25, -0.2) is 8.42 Å². The molecule has 7 nitrogen and oxygen atoms in total. The average Bonchev–Trinajstić information content (AvgIpc) is 2.61. The number of methoxy groups -OCH3 is 2. The zero-order valence-electron chi connectivity index (χ0n) is 15.1. The summed E-state index contributed by atoms with van der Waals surface area (Å²) in [7, 11) is -0.646. The first kappa shape index (κ1) is 19.5. The van der Waals surface area contributed by atoms with Crippen molar-refractivity contribution in [3.63, 3.8) is 0 Å². The molecular weight excluding hydrogens is 344 g/mol. The van der Waals surface area contributed by atoms with Gasteiger partial charge in [0.25, 0.3) is 0 Å². The molecule has 0 radical (unpaired) electrons. The molecule has 1 N–H and O–H groups in total. The largest absolute Gasteiger partial charge is 0.493 e. The number of rotatable bonds is 6. The molecule has 2 rings (SSSR count). The summed E-state index contributed by atoms with van der Waals surface area (Å²) in [5, 5.41) is 3.30. The minimum atomic E-state index is -3.58. The minimum absolute atomic E-state index is 0.0340. The summed E-state index contributed by atoms with van der Waals surface area (Å²) < 4.78 is 35.4. The van der Waals surface area contributed by atoms with Crippen LogP contribution in [0.1, 0.15) is 20.3 Å². The van der Waals surface area contributed by atoms with E-state index in [1.165, 1.54) is 26.4 Å². The Kier molecular flexibility index (Phi) is 6.29. The number of hydrogen-bond donors (Lipinski definition) is 1. The molecule has 25 heavy (non-hydrogen) atoms. The van der Waals surface area contributed by atoms with Crippen molar-refractivity contribution >= 4 is 15.7 Å². The third kappa shape index (κ3) is 4.43. The van der Waals surface area contributed by atoms with Gasteiger partial charge in [-0.05, 0) is 26.0 Å². The molecule has 0 aromatic heterocycles. The van der Waals surface area contributed by atoms with Crippen molar-refractivity contribution in [1.82, 2.24) is 10.2 Å². The number of piperazine rings is 1. The highest BCUT2D eigenvalue weighted by atomic mass is 32.2. The Morgan fingerprint density at radius 2 is 1.92 bits per heavy atom. The summed E-state index contributed by atoms with van der Waals surface area (Å²) >= 11 is 0. The minimum Gasteiger partial charge on any atom is -0.493 e. The van der Waals surface area contributed by atoms with Crippen LogP contribution in [0.5, 0.6) is 11.5 Å². The second-order valence-corrected chi connectivity index (χ2v) is 8.27. The molecule has 2 unspecified atom stereocenters. The normalized spacial score (nSPS) is 21.0. The molecule has 8 heteroatoms. The van der Waals surface area contributed by atoms with Crippen molar-refractivity contribution in [2.24, 2.45) is 0 Å². The van der Waals surface area contributed by atoms with Crippen LogP contribution in [0.4, 0.5) is 0 Å². The molecule has 1 amide bonds. The van der Waals surface area contributed by atoms with E-state index in [0.717, 1.165) is 6.54 Å².